The molecule has 1 rings (SSSR count). The Morgan fingerprint density at radius 1 is 1.05 bits per heavy atom. The summed E-state index contributed by atoms with van der Waals surface area (Å²) in [6, 6.07) is 0.428. The lowest BCUT2D eigenvalue weighted by Gasteiger charge is -2.25. The second kappa shape index (κ2) is 10.0. The van der Waals surface area contributed by atoms with Gasteiger partial charge >= 0.3 is 0 Å². The molecule has 1 heterocycles. The average Bonchev–Trinajstić information content (AvgIpc) is 2.75. The Labute approximate surface area is 125 Å². The quantitative estimate of drug-likeness (QED) is 0.471. The second-order valence-corrected chi connectivity index (χ2v) is 6.21. The van der Waals surface area contributed by atoms with E-state index in [9.17, 15) is 4.79 Å². The number of hydrogen-bond donors (Lipinski definition) is 0. The van der Waals surface area contributed by atoms with Crippen LogP contribution in [0.4, 0.5) is 0 Å². The highest BCUT2D eigenvalue weighted by molar-refractivity contribution is 5.80. The number of likely N-dealkylation sites (tertiary alicyclic amines) is 1. The number of hydrogen-bond acceptors (Lipinski definition) is 1. The molecule has 2 nitrogen and oxygen atoms in total. The Balaban J connectivity index is 2.36. The predicted octanol–water partition coefficient (Wildman–Crippen LogP) is 5.29. The van der Waals surface area contributed by atoms with Crippen molar-refractivity contribution in [3.05, 3.63) is 12.8 Å². The summed E-state index contributed by atoms with van der Waals surface area (Å²) in [7, 11) is 0. The van der Waals surface area contributed by atoms with Gasteiger partial charge in [-0.1, -0.05) is 71.8 Å². The Kier molecular flexibility index (Phi) is 8.64. The van der Waals surface area contributed by atoms with Crippen LogP contribution in [0.5, 0.6) is 0 Å². The molecule has 0 aromatic heterocycles. The van der Waals surface area contributed by atoms with Crippen molar-refractivity contribution in [3.63, 3.8) is 0 Å². The summed E-state index contributed by atoms with van der Waals surface area (Å²) in [5, 5.41) is 0. The van der Waals surface area contributed by atoms with Crippen molar-refractivity contribution < 1.29 is 4.79 Å². The molecule has 0 aliphatic carbocycles. The van der Waals surface area contributed by atoms with E-state index >= 15 is 0 Å². The van der Waals surface area contributed by atoms with Crippen molar-refractivity contribution in [1.82, 2.24) is 4.90 Å². The normalized spacial score (nSPS) is 22.5. The molecule has 0 radical (unpaired) electrons. The van der Waals surface area contributed by atoms with Crippen LogP contribution < -0.4 is 0 Å². The molecule has 0 bridgehead atoms. The van der Waals surface area contributed by atoms with Crippen molar-refractivity contribution in [2.45, 2.75) is 90.5 Å². The van der Waals surface area contributed by atoms with Crippen LogP contribution in [0.15, 0.2) is 12.8 Å². The fraction of sp³-hybridized carbons (Fsp3) is 0.833. The van der Waals surface area contributed by atoms with E-state index < -0.39 is 0 Å². The highest BCUT2D eigenvalue weighted by Gasteiger charge is 2.37. The molecule has 1 amide bonds. The molecule has 0 aromatic carbocycles. The third kappa shape index (κ3) is 5.30. The molecule has 2 unspecified atom stereocenters. The molecule has 0 aromatic rings. The first-order valence-corrected chi connectivity index (χ1v) is 8.68. The topological polar surface area (TPSA) is 20.3 Å². The van der Waals surface area contributed by atoms with Gasteiger partial charge in [0.05, 0.1) is 0 Å². The minimum absolute atomic E-state index is 0.289. The maximum absolute atomic E-state index is 12.0. The lowest BCUT2D eigenvalue weighted by molar-refractivity contribution is -0.126. The van der Waals surface area contributed by atoms with Gasteiger partial charge in [0.15, 0.2) is 0 Å². The molecule has 1 saturated heterocycles. The standard InChI is InChI=1S/C18H33NO/c1-4-7-9-10-11-12-14-17-16(13-8-5-2)15-18(20)19(17)6-3/h6,16-17H,3-5,7-15H2,1-2H3. The molecule has 116 valence electrons. The molecule has 1 aliphatic heterocycles. The molecule has 1 fully saturated rings. The fourth-order valence-electron chi connectivity index (χ4n) is 3.38. The van der Waals surface area contributed by atoms with E-state index in [1.54, 1.807) is 6.20 Å². The van der Waals surface area contributed by atoms with Gasteiger partial charge in [-0.25, -0.2) is 0 Å². The monoisotopic (exact) mass is 279 g/mol. The van der Waals surface area contributed by atoms with Crippen LogP contribution in [0.3, 0.4) is 0 Å². The number of carbonyl (C=O) groups is 1. The van der Waals surface area contributed by atoms with Gasteiger partial charge in [0.25, 0.3) is 0 Å². The third-order valence-corrected chi connectivity index (χ3v) is 4.60. The number of carbonyl (C=O) groups excluding carboxylic acids is 1. The maximum Gasteiger partial charge on any atom is 0.227 e. The SMILES string of the molecule is C=CN1C(=O)CC(CCCC)C1CCCCCCCC. The molecule has 0 saturated carbocycles. The summed E-state index contributed by atoms with van der Waals surface area (Å²) in [5.74, 6) is 0.855. The summed E-state index contributed by atoms with van der Waals surface area (Å²) in [5.41, 5.74) is 0. The first kappa shape index (κ1) is 17.3. The zero-order valence-electron chi connectivity index (χ0n) is 13.6. The minimum Gasteiger partial charge on any atom is -0.316 e. The van der Waals surface area contributed by atoms with Crippen molar-refractivity contribution >= 4 is 5.91 Å². The van der Waals surface area contributed by atoms with Crippen molar-refractivity contribution in [2.24, 2.45) is 5.92 Å². The van der Waals surface area contributed by atoms with E-state index in [0.717, 1.165) is 12.8 Å². The summed E-state index contributed by atoms with van der Waals surface area (Å²) < 4.78 is 0. The predicted molar refractivity (Wildman–Crippen MR) is 86.5 cm³/mol. The van der Waals surface area contributed by atoms with Crippen molar-refractivity contribution in [1.29, 1.82) is 0 Å². The Morgan fingerprint density at radius 2 is 1.70 bits per heavy atom. The van der Waals surface area contributed by atoms with Crippen LogP contribution in [0.25, 0.3) is 0 Å². The van der Waals surface area contributed by atoms with E-state index in [1.807, 2.05) is 4.90 Å². The van der Waals surface area contributed by atoms with Crippen LogP contribution in [0, 0.1) is 5.92 Å². The minimum atomic E-state index is 0.289. The highest BCUT2D eigenvalue weighted by atomic mass is 16.2. The van der Waals surface area contributed by atoms with Crippen LogP contribution in [0.2, 0.25) is 0 Å². The number of unbranched alkanes of at least 4 members (excludes halogenated alkanes) is 6. The number of nitrogens with zero attached hydrogens (tertiary/aromatic N) is 1. The Bertz CT molecular complexity index is 287. The first-order valence-electron chi connectivity index (χ1n) is 8.68. The van der Waals surface area contributed by atoms with E-state index in [2.05, 4.69) is 20.4 Å². The van der Waals surface area contributed by atoms with Gasteiger partial charge in [0, 0.05) is 12.5 Å². The lowest BCUT2D eigenvalue weighted by atomic mass is 9.90. The number of amides is 1. The molecule has 0 spiro atoms. The number of rotatable bonds is 11. The van der Waals surface area contributed by atoms with Gasteiger partial charge < -0.3 is 4.90 Å². The lowest BCUT2D eigenvalue weighted by Crippen LogP contribution is -2.30. The fourth-order valence-corrected chi connectivity index (χ4v) is 3.38. The Morgan fingerprint density at radius 3 is 2.35 bits per heavy atom. The highest BCUT2D eigenvalue weighted by Crippen LogP contribution is 2.33. The molecular formula is C18H33NO. The van der Waals surface area contributed by atoms with Crippen LogP contribution in [0.1, 0.15) is 84.5 Å². The van der Waals surface area contributed by atoms with Gasteiger partial charge in [0.1, 0.15) is 0 Å². The molecule has 20 heavy (non-hydrogen) atoms. The summed E-state index contributed by atoms with van der Waals surface area (Å²) >= 11 is 0. The molecule has 1 aliphatic rings. The molecule has 2 heteroatoms. The Hall–Kier alpha value is -0.790. The van der Waals surface area contributed by atoms with Gasteiger partial charge in [-0.05, 0) is 25.0 Å². The van der Waals surface area contributed by atoms with Gasteiger partial charge in [-0.15, -0.1) is 0 Å². The molecular weight excluding hydrogens is 246 g/mol. The average molecular weight is 279 g/mol. The van der Waals surface area contributed by atoms with Crippen molar-refractivity contribution in [2.75, 3.05) is 0 Å². The third-order valence-electron chi connectivity index (χ3n) is 4.60. The van der Waals surface area contributed by atoms with Crippen molar-refractivity contribution in [3.8, 4) is 0 Å². The second-order valence-electron chi connectivity index (χ2n) is 6.21. The largest absolute Gasteiger partial charge is 0.316 e. The summed E-state index contributed by atoms with van der Waals surface area (Å²) in [6.07, 6.45) is 15.3. The van der Waals surface area contributed by atoms with Crippen LogP contribution >= 0.6 is 0 Å². The summed E-state index contributed by atoms with van der Waals surface area (Å²) in [6.45, 7) is 8.31. The van der Waals surface area contributed by atoms with Crippen LogP contribution in [-0.4, -0.2) is 16.8 Å². The van der Waals surface area contributed by atoms with Gasteiger partial charge in [0.2, 0.25) is 5.91 Å². The first-order chi connectivity index (χ1) is 9.74. The zero-order valence-corrected chi connectivity index (χ0v) is 13.6. The molecule has 0 N–H and O–H groups in total. The van der Waals surface area contributed by atoms with E-state index in [1.165, 1.54) is 57.8 Å². The smallest absolute Gasteiger partial charge is 0.227 e. The maximum atomic E-state index is 12.0. The van der Waals surface area contributed by atoms with Crippen LogP contribution in [-0.2, 0) is 4.79 Å². The summed E-state index contributed by atoms with van der Waals surface area (Å²) in [4.78, 5) is 13.9. The van der Waals surface area contributed by atoms with E-state index in [-0.39, 0.29) is 5.91 Å². The molecule has 2 atom stereocenters. The van der Waals surface area contributed by atoms with E-state index in [0.29, 0.717) is 12.0 Å². The van der Waals surface area contributed by atoms with Gasteiger partial charge in [-0.2, -0.15) is 0 Å². The van der Waals surface area contributed by atoms with Gasteiger partial charge in [-0.3, -0.25) is 4.79 Å². The van der Waals surface area contributed by atoms with E-state index in [4.69, 9.17) is 0 Å². The zero-order chi connectivity index (χ0) is 14.8.